The molecule has 2 aromatic rings. The Hall–Kier alpha value is -1.39. The van der Waals surface area contributed by atoms with Gasteiger partial charge in [-0.1, -0.05) is 6.92 Å². The molecule has 1 fully saturated rings. The summed E-state index contributed by atoms with van der Waals surface area (Å²) in [5, 5.41) is 0. The molecule has 0 saturated carbocycles. The molecular formula is C14H20N4. The largest absolute Gasteiger partial charge is 0.326 e. The number of imidazole rings is 1. The molecular weight excluding hydrogens is 224 g/mol. The van der Waals surface area contributed by atoms with Gasteiger partial charge < -0.3 is 10.1 Å². The number of nitrogens with two attached hydrogens (primary N) is 1. The van der Waals surface area contributed by atoms with Gasteiger partial charge in [0.25, 0.3) is 0 Å². The third-order valence-electron chi connectivity index (χ3n) is 3.88. The lowest BCUT2D eigenvalue weighted by atomic mass is 10.1. The lowest BCUT2D eigenvalue weighted by Crippen LogP contribution is -2.28. The second-order valence-corrected chi connectivity index (χ2v) is 5.52. The van der Waals surface area contributed by atoms with Crippen LogP contribution in [0.25, 0.3) is 5.65 Å². The van der Waals surface area contributed by atoms with Crippen LogP contribution in [0.1, 0.15) is 18.2 Å². The van der Waals surface area contributed by atoms with Crippen LogP contribution in [0, 0.1) is 12.8 Å². The van der Waals surface area contributed by atoms with Crippen LogP contribution in [0.5, 0.6) is 0 Å². The van der Waals surface area contributed by atoms with Crippen molar-refractivity contribution in [2.45, 2.75) is 26.4 Å². The summed E-state index contributed by atoms with van der Waals surface area (Å²) >= 11 is 0. The summed E-state index contributed by atoms with van der Waals surface area (Å²) in [4.78, 5) is 6.88. The Morgan fingerprint density at radius 2 is 2.28 bits per heavy atom. The van der Waals surface area contributed by atoms with E-state index in [-0.39, 0.29) is 0 Å². The second kappa shape index (κ2) is 4.37. The van der Waals surface area contributed by atoms with Crippen LogP contribution in [-0.4, -0.2) is 33.4 Å². The minimum absolute atomic E-state index is 0.312. The van der Waals surface area contributed by atoms with E-state index in [1.807, 2.05) is 6.20 Å². The van der Waals surface area contributed by atoms with Crippen LogP contribution in [0.15, 0.2) is 24.5 Å². The highest BCUT2D eigenvalue weighted by molar-refractivity contribution is 5.42. The quantitative estimate of drug-likeness (QED) is 0.869. The Morgan fingerprint density at radius 3 is 3.00 bits per heavy atom. The van der Waals surface area contributed by atoms with Gasteiger partial charge in [-0.05, 0) is 30.5 Å². The molecule has 18 heavy (non-hydrogen) atoms. The lowest BCUT2D eigenvalue weighted by molar-refractivity contribution is 0.314. The smallest absolute Gasteiger partial charge is 0.137 e. The number of aromatic nitrogens is 2. The number of aryl methyl sites for hydroxylation is 1. The van der Waals surface area contributed by atoms with Gasteiger partial charge in [0.2, 0.25) is 0 Å². The van der Waals surface area contributed by atoms with Crippen molar-refractivity contribution in [2.24, 2.45) is 11.7 Å². The summed E-state index contributed by atoms with van der Waals surface area (Å²) in [6.07, 6.45) is 4.08. The summed E-state index contributed by atoms with van der Waals surface area (Å²) in [6.45, 7) is 7.32. The van der Waals surface area contributed by atoms with Crippen LogP contribution in [0.3, 0.4) is 0 Å². The fourth-order valence-corrected chi connectivity index (χ4v) is 2.71. The van der Waals surface area contributed by atoms with Crippen molar-refractivity contribution in [3.05, 3.63) is 35.8 Å². The normalized spacial score (nSPS) is 25.1. The van der Waals surface area contributed by atoms with E-state index in [9.17, 15) is 0 Å². The Labute approximate surface area is 107 Å². The van der Waals surface area contributed by atoms with Crippen LogP contribution >= 0.6 is 0 Å². The van der Waals surface area contributed by atoms with Gasteiger partial charge in [-0.3, -0.25) is 4.90 Å². The Kier molecular flexibility index (Phi) is 2.84. The SMILES string of the molecule is Cc1ccn2c(CN3CC(C)C(N)C3)cnc2c1. The maximum absolute atomic E-state index is 6.07. The van der Waals surface area contributed by atoms with Crippen molar-refractivity contribution in [2.75, 3.05) is 13.1 Å². The predicted molar refractivity (Wildman–Crippen MR) is 72.3 cm³/mol. The highest BCUT2D eigenvalue weighted by Gasteiger charge is 2.26. The number of hydrogen-bond acceptors (Lipinski definition) is 3. The van der Waals surface area contributed by atoms with E-state index in [4.69, 9.17) is 5.73 Å². The lowest BCUT2D eigenvalue weighted by Gasteiger charge is -2.14. The van der Waals surface area contributed by atoms with Gasteiger partial charge in [-0.15, -0.1) is 0 Å². The zero-order valence-corrected chi connectivity index (χ0v) is 11.0. The number of pyridine rings is 1. The van der Waals surface area contributed by atoms with Gasteiger partial charge in [-0.25, -0.2) is 4.98 Å². The number of hydrogen-bond donors (Lipinski definition) is 1. The molecule has 2 unspecified atom stereocenters. The van der Waals surface area contributed by atoms with E-state index < -0.39 is 0 Å². The first-order valence-electron chi connectivity index (χ1n) is 6.54. The first-order chi connectivity index (χ1) is 8.63. The van der Waals surface area contributed by atoms with E-state index in [2.05, 4.69) is 46.5 Å². The van der Waals surface area contributed by atoms with Crippen LogP contribution in [-0.2, 0) is 6.54 Å². The zero-order valence-electron chi connectivity index (χ0n) is 11.0. The van der Waals surface area contributed by atoms with E-state index in [0.29, 0.717) is 12.0 Å². The molecule has 3 heterocycles. The molecule has 3 rings (SSSR count). The summed E-state index contributed by atoms with van der Waals surface area (Å²) < 4.78 is 2.17. The van der Waals surface area contributed by atoms with Gasteiger partial charge in [0.15, 0.2) is 0 Å². The number of likely N-dealkylation sites (tertiary alicyclic amines) is 1. The maximum Gasteiger partial charge on any atom is 0.137 e. The number of rotatable bonds is 2. The summed E-state index contributed by atoms with van der Waals surface area (Å²) in [5.41, 5.74) is 9.58. The molecule has 1 saturated heterocycles. The Bertz CT molecular complexity index is 550. The van der Waals surface area contributed by atoms with Crippen molar-refractivity contribution in [1.82, 2.24) is 14.3 Å². The average molecular weight is 244 g/mol. The van der Waals surface area contributed by atoms with Crippen LogP contribution in [0.4, 0.5) is 0 Å². The predicted octanol–water partition coefficient (Wildman–Crippen LogP) is 1.42. The molecule has 0 aliphatic carbocycles. The van der Waals surface area contributed by atoms with Crippen LogP contribution < -0.4 is 5.73 Å². The molecule has 0 radical (unpaired) electrons. The highest BCUT2D eigenvalue weighted by Crippen LogP contribution is 2.18. The first-order valence-corrected chi connectivity index (χ1v) is 6.54. The third kappa shape index (κ3) is 2.02. The van der Waals surface area contributed by atoms with Gasteiger partial charge in [0, 0.05) is 31.9 Å². The van der Waals surface area contributed by atoms with Crippen molar-refractivity contribution >= 4 is 5.65 Å². The first kappa shape index (κ1) is 11.7. The summed E-state index contributed by atoms with van der Waals surface area (Å²) in [6, 6.07) is 4.55. The van der Waals surface area contributed by atoms with Crippen LogP contribution in [0.2, 0.25) is 0 Å². The topological polar surface area (TPSA) is 46.6 Å². The van der Waals surface area contributed by atoms with E-state index in [0.717, 1.165) is 25.3 Å². The van der Waals surface area contributed by atoms with Gasteiger partial charge >= 0.3 is 0 Å². The molecule has 2 aromatic heterocycles. The maximum atomic E-state index is 6.07. The van der Waals surface area contributed by atoms with Crippen molar-refractivity contribution in [1.29, 1.82) is 0 Å². The molecule has 96 valence electrons. The number of nitrogens with zero attached hydrogens (tertiary/aromatic N) is 3. The van der Waals surface area contributed by atoms with E-state index in [1.54, 1.807) is 0 Å². The highest BCUT2D eigenvalue weighted by atomic mass is 15.2. The molecule has 2 atom stereocenters. The Morgan fingerprint density at radius 1 is 1.44 bits per heavy atom. The fraction of sp³-hybridized carbons (Fsp3) is 0.500. The second-order valence-electron chi connectivity index (χ2n) is 5.52. The Balaban J connectivity index is 1.83. The van der Waals surface area contributed by atoms with Crippen molar-refractivity contribution in [3.63, 3.8) is 0 Å². The van der Waals surface area contributed by atoms with E-state index >= 15 is 0 Å². The fourth-order valence-electron chi connectivity index (χ4n) is 2.71. The number of fused-ring (bicyclic) bond motifs is 1. The summed E-state index contributed by atoms with van der Waals surface area (Å²) in [7, 11) is 0. The van der Waals surface area contributed by atoms with E-state index in [1.165, 1.54) is 11.3 Å². The molecule has 1 aliphatic heterocycles. The standard InChI is InChI=1S/C14H20N4/c1-10-3-4-18-12(6-16-14(18)5-10)8-17-7-11(2)13(15)9-17/h3-6,11,13H,7-9,15H2,1-2H3. The van der Waals surface area contributed by atoms with Crippen molar-refractivity contribution in [3.8, 4) is 0 Å². The molecule has 2 N–H and O–H groups in total. The summed E-state index contributed by atoms with van der Waals surface area (Å²) in [5.74, 6) is 0.589. The van der Waals surface area contributed by atoms with Gasteiger partial charge in [0.05, 0.1) is 11.9 Å². The molecule has 1 aliphatic rings. The molecule has 4 heteroatoms. The monoisotopic (exact) mass is 244 g/mol. The zero-order chi connectivity index (χ0) is 12.7. The minimum atomic E-state index is 0.312. The third-order valence-corrected chi connectivity index (χ3v) is 3.88. The van der Waals surface area contributed by atoms with Crippen molar-refractivity contribution < 1.29 is 0 Å². The molecule has 0 aromatic carbocycles. The van der Waals surface area contributed by atoms with Gasteiger partial charge in [-0.2, -0.15) is 0 Å². The molecule has 0 spiro atoms. The average Bonchev–Trinajstić information content (AvgIpc) is 2.84. The molecule has 0 bridgehead atoms. The van der Waals surface area contributed by atoms with Gasteiger partial charge in [0.1, 0.15) is 5.65 Å². The molecule has 0 amide bonds. The minimum Gasteiger partial charge on any atom is -0.326 e. The molecule has 4 nitrogen and oxygen atoms in total.